The van der Waals surface area contributed by atoms with Gasteiger partial charge in [0.1, 0.15) is 6.04 Å². The molecule has 0 saturated carbocycles. The molecule has 1 atom stereocenters. The summed E-state index contributed by atoms with van der Waals surface area (Å²) >= 11 is 0. The molecular weight excluding hydrogens is 582 g/mol. The van der Waals surface area contributed by atoms with Crippen molar-refractivity contribution in [1.29, 1.82) is 0 Å². The minimum Gasteiger partial charge on any atom is -0.370 e. The number of aliphatic imine (C=N–C) groups is 1. The third-order valence-electron chi connectivity index (χ3n) is 9.13. The summed E-state index contributed by atoms with van der Waals surface area (Å²) in [5.41, 5.74) is 5.75. The minimum absolute atomic E-state index is 0.0450. The van der Waals surface area contributed by atoms with Crippen LogP contribution in [0.4, 0.5) is 0 Å². The SMILES string of the molecule is CCCCCCCC/C=C\CCCCCCCC(=O)N[C@@H](CCNC(N)=NC)C(=O)NCCCCCCCCCCCCCCCC. The summed E-state index contributed by atoms with van der Waals surface area (Å²) in [6.45, 7) is 5.68. The molecule has 276 valence electrons. The van der Waals surface area contributed by atoms with Crippen molar-refractivity contribution in [2.75, 3.05) is 20.1 Å². The molecule has 0 bridgehead atoms. The molecule has 0 spiro atoms. The number of nitrogens with two attached hydrogens (primary N) is 1. The number of unbranched alkanes of at least 4 members (excludes halogenated alkanes) is 24. The smallest absolute Gasteiger partial charge is 0.242 e. The molecule has 0 aliphatic carbocycles. The van der Waals surface area contributed by atoms with Crippen molar-refractivity contribution in [2.45, 2.75) is 206 Å². The molecule has 0 aromatic rings. The zero-order valence-electron chi connectivity index (χ0n) is 31.5. The topological polar surface area (TPSA) is 109 Å². The summed E-state index contributed by atoms with van der Waals surface area (Å²) in [5, 5.41) is 9.04. The molecule has 0 aliphatic heterocycles. The van der Waals surface area contributed by atoms with E-state index in [0.29, 0.717) is 31.9 Å². The van der Waals surface area contributed by atoms with Crippen molar-refractivity contribution in [3.8, 4) is 0 Å². The maximum Gasteiger partial charge on any atom is 0.242 e. The first-order chi connectivity index (χ1) is 23.0. The van der Waals surface area contributed by atoms with Gasteiger partial charge in [0.05, 0.1) is 0 Å². The van der Waals surface area contributed by atoms with E-state index in [1.54, 1.807) is 7.05 Å². The standard InChI is InChI=1S/C40H79N5O2/c1-4-6-8-10-12-14-16-18-20-21-23-25-27-29-31-33-38(46)45-37(34-36-44-40(41)42-3)39(47)43-35-32-30-28-26-24-22-19-17-15-13-11-9-7-5-2/h18,20,37H,4-17,19,21-36H2,1-3H3,(H,43,47)(H,45,46)(H3,41,42,44)/b20-18-/t37-/m0/s1. The lowest BCUT2D eigenvalue weighted by molar-refractivity contribution is -0.129. The van der Waals surface area contributed by atoms with E-state index in [1.807, 2.05) is 0 Å². The van der Waals surface area contributed by atoms with Crippen LogP contribution in [0.1, 0.15) is 200 Å². The Labute approximate surface area is 291 Å². The molecule has 0 aliphatic rings. The van der Waals surface area contributed by atoms with Crippen LogP contribution < -0.4 is 21.7 Å². The molecule has 0 unspecified atom stereocenters. The summed E-state index contributed by atoms with van der Waals surface area (Å²) < 4.78 is 0. The van der Waals surface area contributed by atoms with Gasteiger partial charge >= 0.3 is 0 Å². The van der Waals surface area contributed by atoms with E-state index >= 15 is 0 Å². The van der Waals surface area contributed by atoms with Crippen molar-refractivity contribution in [3.63, 3.8) is 0 Å². The van der Waals surface area contributed by atoms with Gasteiger partial charge in [-0.2, -0.15) is 0 Å². The highest BCUT2D eigenvalue weighted by molar-refractivity contribution is 5.87. The van der Waals surface area contributed by atoms with Crippen molar-refractivity contribution in [2.24, 2.45) is 10.7 Å². The van der Waals surface area contributed by atoms with Crippen LogP contribution in [0.5, 0.6) is 0 Å². The number of amides is 2. The second-order valence-electron chi connectivity index (χ2n) is 13.7. The Morgan fingerprint density at radius 3 is 1.47 bits per heavy atom. The monoisotopic (exact) mass is 662 g/mol. The number of hydrogen-bond donors (Lipinski definition) is 4. The average molecular weight is 662 g/mol. The van der Waals surface area contributed by atoms with Gasteiger partial charge in [-0.05, 0) is 44.9 Å². The molecule has 47 heavy (non-hydrogen) atoms. The van der Waals surface area contributed by atoms with Crippen LogP contribution in [0.3, 0.4) is 0 Å². The number of guanidine groups is 1. The van der Waals surface area contributed by atoms with Crippen LogP contribution >= 0.6 is 0 Å². The van der Waals surface area contributed by atoms with E-state index in [4.69, 9.17) is 5.73 Å². The van der Waals surface area contributed by atoms with Gasteiger partial charge in [-0.3, -0.25) is 14.6 Å². The number of hydrogen-bond acceptors (Lipinski definition) is 3. The molecule has 0 fully saturated rings. The Morgan fingerprint density at radius 1 is 0.574 bits per heavy atom. The molecule has 7 heteroatoms. The molecule has 7 nitrogen and oxygen atoms in total. The number of allylic oxidation sites excluding steroid dienone is 2. The third-order valence-corrected chi connectivity index (χ3v) is 9.13. The number of carbonyl (C=O) groups excluding carboxylic acids is 2. The first-order valence-corrected chi connectivity index (χ1v) is 20.2. The number of carbonyl (C=O) groups is 2. The highest BCUT2D eigenvalue weighted by Crippen LogP contribution is 2.13. The molecule has 0 rings (SSSR count). The van der Waals surface area contributed by atoms with Gasteiger partial charge < -0.3 is 21.7 Å². The van der Waals surface area contributed by atoms with Crippen LogP contribution in [0, 0.1) is 0 Å². The van der Waals surface area contributed by atoms with Crippen molar-refractivity contribution in [1.82, 2.24) is 16.0 Å². The lowest BCUT2D eigenvalue weighted by Gasteiger charge is -2.19. The zero-order valence-corrected chi connectivity index (χ0v) is 31.5. The number of rotatable bonds is 35. The summed E-state index contributed by atoms with van der Waals surface area (Å²) in [4.78, 5) is 29.5. The Balaban J connectivity index is 4.02. The summed E-state index contributed by atoms with van der Waals surface area (Å²) in [7, 11) is 1.62. The van der Waals surface area contributed by atoms with Gasteiger partial charge in [0, 0.05) is 26.6 Å². The Hall–Kier alpha value is -2.05. The van der Waals surface area contributed by atoms with Gasteiger partial charge in [-0.25, -0.2) is 0 Å². The van der Waals surface area contributed by atoms with Gasteiger partial charge in [-0.1, -0.05) is 161 Å². The van der Waals surface area contributed by atoms with Gasteiger partial charge in [0.2, 0.25) is 11.8 Å². The van der Waals surface area contributed by atoms with Crippen LogP contribution in [0.15, 0.2) is 17.1 Å². The van der Waals surface area contributed by atoms with E-state index in [0.717, 1.165) is 38.5 Å². The second-order valence-corrected chi connectivity index (χ2v) is 13.7. The van der Waals surface area contributed by atoms with E-state index < -0.39 is 6.04 Å². The number of nitrogens with zero attached hydrogens (tertiary/aromatic N) is 1. The lowest BCUT2D eigenvalue weighted by atomic mass is 10.0. The summed E-state index contributed by atoms with van der Waals surface area (Å²) in [6, 6.07) is -0.561. The number of nitrogens with one attached hydrogen (secondary N) is 3. The van der Waals surface area contributed by atoms with E-state index in [2.05, 4.69) is 46.9 Å². The van der Waals surface area contributed by atoms with Crippen LogP contribution in [0.2, 0.25) is 0 Å². The first kappa shape index (κ1) is 45.0. The molecule has 5 N–H and O–H groups in total. The summed E-state index contributed by atoms with van der Waals surface area (Å²) in [5.74, 6) is 0.189. The normalized spacial score (nSPS) is 12.4. The van der Waals surface area contributed by atoms with E-state index in [1.165, 1.54) is 135 Å². The molecule has 0 aromatic heterocycles. The maximum atomic E-state index is 13.0. The van der Waals surface area contributed by atoms with Crippen molar-refractivity contribution in [3.05, 3.63) is 12.2 Å². The fraction of sp³-hybridized carbons (Fsp3) is 0.875. The van der Waals surface area contributed by atoms with Crippen LogP contribution in [-0.4, -0.2) is 44.0 Å². The van der Waals surface area contributed by atoms with Crippen LogP contribution in [-0.2, 0) is 9.59 Å². The fourth-order valence-corrected chi connectivity index (χ4v) is 5.97. The predicted octanol–water partition coefficient (Wildman–Crippen LogP) is 10.0. The maximum absolute atomic E-state index is 13.0. The first-order valence-electron chi connectivity index (χ1n) is 20.2. The largest absolute Gasteiger partial charge is 0.370 e. The third kappa shape index (κ3) is 33.6. The highest BCUT2D eigenvalue weighted by atomic mass is 16.2. The van der Waals surface area contributed by atoms with Gasteiger partial charge in [-0.15, -0.1) is 0 Å². The molecule has 0 aromatic carbocycles. The minimum atomic E-state index is -0.561. The zero-order chi connectivity index (χ0) is 34.5. The molecule has 0 saturated heterocycles. The Kier molecular flexibility index (Phi) is 35.2. The van der Waals surface area contributed by atoms with E-state index in [9.17, 15) is 9.59 Å². The quantitative estimate of drug-likeness (QED) is 0.0235. The molecule has 0 heterocycles. The average Bonchev–Trinajstić information content (AvgIpc) is 3.07. The molecule has 2 amide bonds. The van der Waals surface area contributed by atoms with Gasteiger partial charge in [0.15, 0.2) is 5.96 Å². The summed E-state index contributed by atoms with van der Waals surface area (Å²) in [6.07, 6.45) is 40.1. The highest BCUT2D eigenvalue weighted by Gasteiger charge is 2.20. The van der Waals surface area contributed by atoms with Crippen LogP contribution in [0.25, 0.3) is 0 Å². The molecular formula is C40H79N5O2. The Bertz CT molecular complexity index is 755. The van der Waals surface area contributed by atoms with Gasteiger partial charge in [0.25, 0.3) is 0 Å². The molecule has 0 radical (unpaired) electrons. The van der Waals surface area contributed by atoms with Crippen molar-refractivity contribution >= 4 is 17.8 Å². The van der Waals surface area contributed by atoms with Crippen molar-refractivity contribution < 1.29 is 9.59 Å². The predicted molar refractivity (Wildman–Crippen MR) is 205 cm³/mol. The second kappa shape index (κ2) is 36.8. The van der Waals surface area contributed by atoms with E-state index in [-0.39, 0.29) is 11.8 Å². The fourth-order valence-electron chi connectivity index (χ4n) is 5.97. The Morgan fingerprint density at radius 2 is 1.00 bits per heavy atom. The lowest BCUT2D eigenvalue weighted by Crippen LogP contribution is -2.48.